The molecule has 222 valence electrons. The number of aromatic amines is 1. The molecule has 1 spiro atoms. The topological polar surface area (TPSA) is 82.5 Å². The standard InChI is InChI=1S/C32H47N7O2/c1-5-41-31(40)28-18-32(10-15-37(16-11-32)19-25(2)3)24-39(28)21-27-8-6-26(7-9-27)20-38(22-29-33-12-13-34-29)23-30-35-14-17-36(30)4/h6-9,12-14,17,25,28H,5,10-11,15-16,18-24H2,1-4H3,(H,33,34)/t28-/m0/s1. The van der Waals surface area contributed by atoms with Gasteiger partial charge < -0.3 is 19.2 Å². The van der Waals surface area contributed by atoms with Crippen LogP contribution in [-0.4, -0.2) is 79.0 Å². The second-order valence-corrected chi connectivity index (χ2v) is 12.5. The van der Waals surface area contributed by atoms with Crippen LogP contribution in [0, 0.1) is 11.3 Å². The lowest BCUT2D eigenvalue weighted by molar-refractivity contribution is -0.148. The van der Waals surface area contributed by atoms with Crippen LogP contribution in [0.3, 0.4) is 0 Å². The average Bonchev–Trinajstić information content (AvgIpc) is 3.68. The van der Waals surface area contributed by atoms with Crippen LogP contribution in [0.5, 0.6) is 0 Å². The Morgan fingerprint density at radius 2 is 1.85 bits per heavy atom. The summed E-state index contributed by atoms with van der Waals surface area (Å²) in [6.45, 7) is 14.3. The molecule has 9 nitrogen and oxygen atoms in total. The van der Waals surface area contributed by atoms with Crippen LogP contribution in [0.15, 0.2) is 49.1 Å². The van der Waals surface area contributed by atoms with Crippen molar-refractivity contribution in [2.45, 2.75) is 72.3 Å². The fourth-order valence-corrected chi connectivity index (χ4v) is 6.63. The van der Waals surface area contributed by atoms with Gasteiger partial charge in [0.15, 0.2) is 0 Å². The molecule has 2 aliphatic rings. The van der Waals surface area contributed by atoms with Gasteiger partial charge in [0.1, 0.15) is 17.7 Å². The summed E-state index contributed by atoms with van der Waals surface area (Å²) in [5.74, 6) is 2.59. The van der Waals surface area contributed by atoms with E-state index in [1.54, 1.807) is 6.20 Å². The van der Waals surface area contributed by atoms with Crippen molar-refractivity contribution in [3.05, 3.63) is 71.8 Å². The number of likely N-dealkylation sites (tertiary alicyclic amines) is 2. The van der Waals surface area contributed by atoms with Crippen molar-refractivity contribution in [3.8, 4) is 0 Å². The summed E-state index contributed by atoms with van der Waals surface area (Å²) in [4.78, 5) is 32.6. The van der Waals surface area contributed by atoms with Crippen LogP contribution in [0.1, 0.15) is 62.8 Å². The van der Waals surface area contributed by atoms with Crippen LogP contribution in [0.4, 0.5) is 0 Å². The zero-order valence-corrected chi connectivity index (χ0v) is 25.3. The van der Waals surface area contributed by atoms with E-state index in [1.165, 1.54) is 11.1 Å². The number of ether oxygens (including phenoxy) is 1. The Bertz CT molecular complexity index is 1230. The predicted molar refractivity (Wildman–Crippen MR) is 160 cm³/mol. The highest BCUT2D eigenvalue weighted by atomic mass is 16.5. The second-order valence-electron chi connectivity index (χ2n) is 12.5. The van der Waals surface area contributed by atoms with Gasteiger partial charge in [-0.05, 0) is 61.7 Å². The number of aryl methyl sites for hydroxylation is 1. The van der Waals surface area contributed by atoms with Gasteiger partial charge in [0.05, 0.1) is 19.7 Å². The third kappa shape index (κ3) is 7.64. The van der Waals surface area contributed by atoms with Gasteiger partial charge in [-0.15, -0.1) is 0 Å². The molecule has 5 rings (SSSR count). The first kappa shape index (κ1) is 29.5. The number of carbonyl (C=O) groups is 1. The Morgan fingerprint density at radius 3 is 2.49 bits per heavy atom. The van der Waals surface area contributed by atoms with Crippen molar-refractivity contribution in [1.29, 1.82) is 0 Å². The second kappa shape index (κ2) is 13.3. The van der Waals surface area contributed by atoms with E-state index in [2.05, 4.69) is 72.3 Å². The minimum atomic E-state index is -0.159. The van der Waals surface area contributed by atoms with E-state index < -0.39 is 0 Å². The van der Waals surface area contributed by atoms with Gasteiger partial charge in [0.25, 0.3) is 0 Å². The number of esters is 1. The maximum absolute atomic E-state index is 13.0. The quantitative estimate of drug-likeness (QED) is 0.332. The number of hydrogen-bond donors (Lipinski definition) is 1. The summed E-state index contributed by atoms with van der Waals surface area (Å²) in [5.41, 5.74) is 2.69. The number of hydrogen-bond acceptors (Lipinski definition) is 7. The lowest BCUT2D eigenvalue weighted by Crippen LogP contribution is -2.42. The maximum Gasteiger partial charge on any atom is 0.323 e. The van der Waals surface area contributed by atoms with E-state index >= 15 is 0 Å². The van der Waals surface area contributed by atoms with Crippen molar-refractivity contribution in [2.24, 2.45) is 18.4 Å². The number of aromatic nitrogens is 4. The minimum absolute atomic E-state index is 0.0616. The molecule has 1 N–H and O–H groups in total. The molecule has 0 bridgehead atoms. The smallest absolute Gasteiger partial charge is 0.323 e. The maximum atomic E-state index is 13.0. The zero-order chi connectivity index (χ0) is 28.8. The van der Waals surface area contributed by atoms with E-state index in [9.17, 15) is 4.79 Å². The Kier molecular flexibility index (Phi) is 9.57. The number of H-pyrrole nitrogens is 1. The average molecular weight is 562 g/mol. The molecular weight excluding hydrogens is 514 g/mol. The molecule has 41 heavy (non-hydrogen) atoms. The Morgan fingerprint density at radius 1 is 1.10 bits per heavy atom. The molecule has 0 aliphatic carbocycles. The monoisotopic (exact) mass is 561 g/mol. The van der Waals surface area contributed by atoms with E-state index in [-0.39, 0.29) is 17.4 Å². The molecule has 0 saturated carbocycles. The number of imidazole rings is 2. The molecule has 2 aromatic heterocycles. The van der Waals surface area contributed by atoms with E-state index in [4.69, 9.17) is 4.74 Å². The fraction of sp³-hybridized carbons (Fsp3) is 0.594. The Hall–Kier alpha value is -3.01. The molecule has 0 unspecified atom stereocenters. The summed E-state index contributed by atoms with van der Waals surface area (Å²) in [6.07, 6.45) is 10.7. The molecule has 4 heterocycles. The van der Waals surface area contributed by atoms with Crippen molar-refractivity contribution in [2.75, 3.05) is 32.8 Å². The summed E-state index contributed by atoms with van der Waals surface area (Å²) >= 11 is 0. The lowest BCUT2D eigenvalue weighted by atomic mass is 9.76. The first-order valence-electron chi connectivity index (χ1n) is 15.2. The number of nitrogens with zero attached hydrogens (tertiary/aromatic N) is 6. The molecular formula is C32H47N7O2. The van der Waals surface area contributed by atoms with Gasteiger partial charge in [0, 0.05) is 58.0 Å². The van der Waals surface area contributed by atoms with Gasteiger partial charge in [0.2, 0.25) is 0 Å². The van der Waals surface area contributed by atoms with Crippen molar-refractivity contribution in [3.63, 3.8) is 0 Å². The minimum Gasteiger partial charge on any atom is -0.465 e. The summed E-state index contributed by atoms with van der Waals surface area (Å²) < 4.78 is 7.61. The van der Waals surface area contributed by atoms with Crippen LogP contribution < -0.4 is 0 Å². The summed E-state index contributed by atoms with van der Waals surface area (Å²) in [7, 11) is 2.03. The molecule has 2 saturated heterocycles. The number of carbonyl (C=O) groups excluding carboxylic acids is 1. The summed E-state index contributed by atoms with van der Waals surface area (Å²) in [5, 5.41) is 0. The number of piperidine rings is 1. The first-order valence-corrected chi connectivity index (χ1v) is 15.2. The van der Waals surface area contributed by atoms with Gasteiger partial charge in [-0.3, -0.25) is 14.6 Å². The molecule has 2 aliphatic heterocycles. The fourth-order valence-electron chi connectivity index (χ4n) is 6.63. The number of nitrogens with one attached hydrogen (secondary N) is 1. The third-order valence-corrected chi connectivity index (χ3v) is 8.73. The largest absolute Gasteiger partial charge is 0.465 e. The number of benzene rings is 1. The van der Waals surface area contributed by atoms with Crippen molar-refractivity contribution < 1.29 is 9.53 Å². The molecule has 0 radical (unpaired) electrons. The molecule has 1 aromatic carbocycles. The van der Waals surface area contributed by atoms with Crippen molar-refractivity contribution >= 4 is 5.97 Å². The van der Waals surface area contributed by atoms with Gasteiger partial charge in [-0.25, -0.2) is 9.97 Å². The zero-order valence-electron chi connectivity index (χ0n) is 25.3. The van der Waals surface area contributed by atoms with Gasteiger partial charge >= 0.3 is 5.97 Å². The van der Waals surface area contributed by atoms with Crippen LogP contribution in [0.2, 0.25) is 0 Å². The highest BCUT2D eigenvalue weighted by Gasteiger charge is 2.48. The lowest BCUT2D eigenvalue weighted by Gasteiger charge is -2.40. The van der Waals surface area contributed by atoms with Crippen molar-refractivity contribution in [1.82, 2.24) is 34.2 Å². The van der Waals surface area contributed by atoms with E-state index in [1.807, 2.05) is 32.6 Å². The number of rotatable bonds is 12. The Balaban J connectivity index is 1.24. The molecule has 0 amide bonds. The van der Waals surface area contributed by atoms with Gasteiger partial charge in [-0.2, -0.15) is 0 Å². The molecule has 2 fully saturated rings. The van der Waals surface area contributed by atoms with E-state index in [0.29, 0.717) is 19.1 Å². The van der Waals surface area contributed by atoms with E-state index in [0.717, 1.165) is 76.7 Å². The SMILES string of the molecule is CCOC(=O)[C@@H]1CC2(CCN(CC(C)C)CC2)CN1Cc1ccc(CN(Cc2ncc[nH]2)Cc2nccn2C)cc1. The normalized spacial score (nSPS) is 19.5. The molecule has 1 atom stereocenters. The van der Waals surface area contributed by atoms with Gasteiger partial charge in [-0.1, -0.05) is 38.1 Å². The third-order valence-electron chi connectivity index (χ3n) is 8.73. The molecule has 3 aromatic rings. The predicted octanol–water partition coefficient (Wildman–Crippen LogP) is 4.22. The first-order chi connectivity index (χ1) is 19.8. The highest BCUT2D eigenvalue weighted by Crippen LogP contribution is 2.44. The van der Waals surface area contributed by atoms with Crippen LogP contribution >= 0.6 is 0 Å². The molecule has 9 heteroatoms. The highest BCUT2D eigenvalue weighted by molar-refractivity contribution is 5.76. The van der Waals surface area contributed by atoms with Crippen LogP contribution in [-0.2, 0) is 42.8 Å². The van der Waals surface area contributed by atoms with Crippen LogP contribution in [0.25, 0.3) is 0 Å². The summed E-state index contributed by atoms with van der Waals surface area (Å²) in [6, 6.07) is 8.73. The Labute approximate surface area is 244 Å².